The van der Waals surface area contributed by atoms with E-state index in [1.165, 1.54) is 199 Å². The van der Waals surface area contributed by atoms with E-state index in [0.29, 0.717) is 12.8 Å². The van der Waals surface area contributed by atoms with E-state index in [9.17, 15) is 29.3 Å². The van der Waals surface area contributed by atoms with Crippen molar-refractivity contribution in [3.8, 4) is 0 Å². The summed E-state index contributed by atoms with van der Waals surface area (Å²) in [5.41, 5.74) is 0. The Hall–Kier alpha value is -1.03. The highest BCUT2D eigenvalue weighted by Gasteiger charge is 2.27. The van der Waals surface area contributed by atoms with Crippen molar-refractivity contribution in [2.75, 3.05) is 26.4 Å². The Morgan fingerprint density at radius 3 is 0.758 bits per heavy atom. The van der Waals surface area contributed by atoms with Crippen LogP contribution >= 0.6 is 7.82 Å². The largest absolute Gasteiger partial charge is 0.472 e. The van der Waals surface area contributed by atoms with Crippen LogP contribution in [0.25, 0.3) is 0 Å². The SMILES string of the molecule is CCCCCCCCCCCCCCCCCCCCCCCCC(=O)OC(CO)COP(=O)(O)OCC(CO)OC(=O)CCCCCCCCCCCCCCCCCCC. The van der Waals surface area contributed by atoms with E-state index in [0.717, 1.165) is 38.5 Å². The second kappa shape index (κ2) is 47.9. The summed E-state index contributed by atoms with van der Waals surface area (Å²) in [7, 11) is -4.63. The van der Waals surface area contributed by atoms with Crippen molar-refractivity contribution < 1.29 is 47.8 Å². The summed E-state index contributed by atoms with van der Waals surface area (Å²) in [6, 6.07) is 0. The Balaban J connectivity index is 3.77. The fraction of sp³-hybridized carbons (Fsp3) is 0.961. The summed E-state index contributed by atoms with van der Waals surface area (Å²) >= 11 is 0. The van der Waals surface area contributed by atoms with Crippen molar-refractivity contribution in [1.29, 1.82) is 0 Å². The van der Waals surface area contributed by atoms with E-state index in [1.54, 1.807) is 0 Å². The molecule has 11 heteroatoms. The van der Waals surface area contributed by atoms with Crippen LogP contribution in [0.15, 0.2) is 0 Å². The summed E-state index contributed by atoms with van der Waals surface area (Å²) in [4.78, 5) is 34.7. The van der Waals surface area contributed by atoms with Gasteiger partial charge in [0.25, 0.3) is 0 Å². The highest BCUT2D eigenvalue weighted by molar-refractivity contribution is 7.47. The molecule has 62 heavy (non-hydrogen) atoms. The lowest BCUT2D eigenvalue weighted by Gasteiger charge is -2.20. The van der Waals surface area contributed by atoms with Crippen LogP contribution in [0.3, 0.4) is 0 Å². The molecule has 0 heterocycles. The molecular weight excluding hydrogens is 804 g/mol. The lowest BCUT2D eigenvalue weighted by Crippen LogP contribution is -2.28. The van der Waals surface area contributed by atoms with Gasteiger partial charge in [0.15, 0.2) is 0 Å². The van der Waals surface area contributed by atoms with Crippen molar-refractivity contribution in [3.63, 3.8) is 0 Å². The Morgan fingerprint density at radius 1 is 0.371 bits per heavy atom. The first-order valence-electron chi connectivity index (χ1n) is 26.5. The van der Waals surface area contributed by atoms with E-state index in [1.807, 2.05) is 0 Å². The van der Waals surface area contributed by atoms with E-state index in [2.05, 4.69) is 13.8 Å². The predicted octanol–water partition coefficient (Wildman–Crippen LogP) is 15.0. The van der Waals surface area contributed by atoms with Gasteiger partial charge in [-0.1, -0.05) is 251 Å². The standard InChI is InChI=1S/C51H101O10P/c1-3-5-7-9-11-13-15-17-19-21-22-23-24-25-27-29-31-33-35-37-39-41-43-51(55)61-49(45-53)47-59-62(56,57)58-46-48(44-52)60-50(54)42-40-38-36-34-32-30-28-26-20-18-16-14-12-10-8-6-4-2/h48-49,52-53H,3-47H2,1-2H3,(H,56,57). The van der Waals surface area contributed by atoms with Crippen LogP contribution in [0.4, 0.5) is 0 Å². The van der Waals surface area contributed by atoms with Crippen LogP contribution < -0.4 is 0 Å². The van der Waals surface area contributed by atoms with Gasteiger partial charge in [0.1, 0.15) is 12.2 Å². The molecule has 0 fully saturated rings. The molecule has 0 aliphatic rings. The predicted molar refractivity (Wildman–Crippen MR) is 256 cm³/mol. The molecule has 10 nitrogen and oxygen atoms in total. The molecule has 0 aliphatic heterocycles. The van der Waals surface area contributed by atoms with Gasteiger partial charge in [-0.25, -0.2) is 4.57 Å². The molecule has 0 aromatic heterocycles. The molecule has 0 saturated carbocycles. The van der Waals surface area contributed by atoms with Crippen LogP contribution in [0.5, 0.6) is 0 Å². The highest BCUT2D eigenvalue weighted by atomic mass is 31.2. The number of phosphoric ester groups is 1. The smallest absolute Gasteiger partial charge is 0.457 e. The molecule has 0 aromatic carbocycles. The van der Waals surface area contributed by atoms with Gasteiger partial charge < -0.3 is 24.6 Å². The number of esters is 2. The minimum atomic E-state index is -4.63. The maximum absolute atomic E-state index is 12.4. The zero-order valence-electron chi connectivity index (χ0n) is 40.6. The fourth-order valence-electron chi connectivity index (χ4n) is 8.00. The third-order valence-electron chi connectivity index (χ3n) is 12.1. The average molecular weight is 905 g/mol. The van der Waals surface area contributed by atoms with Gasteiger partial charge in [0, 0.05) is 12.8 Å². The summed E-state index contributed by atoms with van der Waals surface area (Å²) < 4.78 is 32.8. The molecule has 0 rings (SSSR count). The van der Waals surface area contributed by atoms with E-state index < -0.39 is 58.4 Å². The number of hydrogen-bond donors (Lipinski definition) is 3. The maximum atomic E-state index is 12.4. The fourth-order valence-corrected chi connectivity index (χ4v) is 8.79. The van der Waals surface area contributed by atoms with Gasteiger partial charge in [0.05, 0.1) is 26.4 Å². The molecule has 3 N–H and O–H groups in total. The molecule has 0 spiro atoms. The third-order valence-corrected chi connectivity index (χ3v) is 13.0. The molecule has 370 valence electrons. The number of rotatable bonds is 51. The summed E-state index contributed by atoms with van der Waals surface area (Å²) in [6.45, 7) is 2.29. The van der Waals surface area contributed by atoms with Gasteiger partial charge >= 0.3 is 19.8 Å². The van der Waals surface area contributed by atoms with Gasteiger partial charge in [0.2, 0.25) is 0 Å². The van der Waals surface area contributed by atoms with Crippen LogP contribution in [0.1, 0.15) is 277 Å². The van der Waals surface area contributed by atoms with Crippen LogP contribution in [0, 0.1) is 0 Å². The highest BCUT2D eigenvalue weighted by Crippen LogP contribution is 2.43. The minimum Gasteiger partial charge on any atom is -0.457 e. The summed E-state index contributed by atoms with van der Waals surface area (Å²) in [5.74, 6) is -0.999. The van der Waals surface area contributed by atoms with Gasteiger partial charge in [-0.15, -0.1) is 0 Å². The van der Waals surface area contributed by atoms with Crippen molar-refractivity contribution in [2.24, 2.45) is 0 Å². The lowest BCUT2D eigenvalue weighted by molar-refractivity contribution is -0.153. The van der Waals surface area contributed by atoms with Crippen molar-refractivity contribution in [2.45, 2.75) is 289 Å². The number of hydrogen-bond acceptors (Lipinski definition) is 9. The van der Waals surface area contributed by atoms with E-state index in [-0.39, 0.29) is 12.8 Å². The maximum Gasteiger partial charge on any atom is 0.472 e. The summed E-state index contributed by atoms with van der Waals surface area (Å²) in [6.07, 6.45) is 47.9. The lowest BCUT2D eigenvalue weighted by atomic mass is 10.0. The van der Waals surface area contributed by atoms with Crippen LogP contribution in [-0.4, -0.2) is 65.7 Å². The topological polar surface area (TPSA) is 149 Å². The Morgan fingerprint density at radius 2 is 0.565 bits per heavy atom. The number of unbranched alkanes of at least 4 members (excludes halogenated alkanes) is 37. The molecule has 0 aliphatic carbocycles. The third kappa shape index (κ3) is 45.5. The minimum absolute atomic E-state index is 0.200. The zero-order valence-corrected chi connectivity index (χ0v) is 41.5. The molecule has 0 saturated heterocycles. The molecule has 0 aromatic rings. The van der Waals surface area contributed by atoms with E-state index in [4.69, 9.17) is 18.5 Å². The second-order valence-electron chi connectivity index (χ2n) is 18.2. The van der Waals surface area contributed by atoms with Crippen molar-refractivity contribution >= 4 is 19.8 Å². The van der Waals surface area contributed by atoms with Gasteiger partial charge in [-0.3, -0.25) is 18.6 Å². The second-order valence-corrected chi connectivity index (χ2v) is 19.7. The van der Waals surface area contributed by atoms with Gasteiger partial charge in [-0.2, -0.15) is 0 Å². The van der Waals surface area contributed by atoms with E-state index >= 15 is 0 Å². The number of aliphatic hydroxyl groups excluding tert-OH is 2. The Kier molecular flexibility index (Phi) is 47.1. The quantitative estimate of drug-likeness (QED) is 0.0306. The normalized spacial score (nSPS) is 13.6. The first kappa shape index (κ1) is 61.0. The van der Waals surface area contributed by atoms with Crippen LogP contribution in [-0.2, 0) is 32.7 Å². The van der Waals surface area contributed by atoms with Crippen molar-refractivity contribution in [3.05, 3.63) is 0 Å². The zero-order chi connectivity index (χ0) is 45.5. The molecular formula is C51H101O10P. The first-order chi connectivity index (χ1) is 30.3. The van der Waals surface area contributed by atoms with Gasteiger partial charge in [-0.05, 0) is 12.8 Å². The first-order valence-corrected chi connectivity index (χ1v) is 28.0. The summed E-state index contributed by atoms with van der Waals surface area (Å²) in [5, 5.41) is 19.3. The Labute approximate surface area is 382 Å². The monoisotopic (exact) mass is 905 g/mol. The van der Waals surface area contributed by atoms with Crippen LogP contribution in [0.2, 0.25) is 0 Å². The molecule has 3 unspecified atom stereocenters. The number of carbonyl (C=O) groups excluding carboxylic acids is 2. The van der Waals surface area contributed by atoms with Crippen molar-refractivity contribution in [1.82, 2.24) is 0 Å². The molecule has 0 radical (unpaired) electrons. The molecule has 0 amide bonds. The average Bonchev–Trinajstić information content (AvgIpc) is 3.26. The number of phosphoric acid groups is 1. The molecule has 0 bridgehead atoms. The molecule has 3 atom stereocenters. The Bertz CT molecular complexity index is 998. The number of carbonyl (C=O) groups is 2. The number of aliphatic hydroxyl groups is 2. The number of ether oxygens (including phenoxy) is 2.